The summed E-state index contributed by atoms with van der Waals surface area (Å²) in [7, 11) is 0. The summed E-state index contributed by atoms with van der Waals surface area (Å²) >= 11 is 0. The Morgan fingerprint density at radius 1 is 0.810 bits per heavy atom. The summed E-state index contributed by atoms with van der Waals surface area (Å²) in [6.45, 7) is 4.35. The Morgan fingerprint density at radius 2 is 1.29 bits per heavy atom. The van der Waals surface area contributed by atoms with Gasteiger partial charge in [-0.2, -0.15) is 0 Å². The van der Waals surface area contributed by atoms with Gasteiger partial charge in [-0.15, -0.1) is 0 Å². The molecule has 0 N–H and O–H groups in total. The molecule has 0 amide bonds. The average molecular weight is 284 g/mol. The highest BCUT2D eigenvalue weighted by Gasteiger charge is 2.20. The fraction of sp³-hybridized carbons (Fsp3) is 0.444. The van der Waals surface area contributed by atoms with Crippen LogP contribution in [0.15, 0.2) is 48.8 Å². The third-order valence-electron chi connectivity index (χ3n) is 3.47. The maximum Gasteiger partial charge on any atom is 0.100 e. The van der Waals surface area contributed by atoms with Gasteiger partial charge < -0.3 is 4.74 Å². The average Bonchev–Trinajstić information content (AvgIpc) is 2.55. The molecule has 0 radical (unpaired) electrons. The van der Waals surface area contributed by atoms with Gasteiger partial charge in [-0.05, 0) is 37.1 Å². The summed E-state index contributed by atoms with van der Waals surface area (Å²) in [5.74, 6) is 0. The Bertz CT molecular complexity index is 454. The molecule has 2 atom stereocenters. The molecule has 112 valence electrons. The Morgan fingerprint density at radius 3 is 1.62 bits per heavy atom. The summed E-state index contributed by atoms with van der Waals surface area (Å²) in [5.41, 5.74) is 2.02. The number of aromatic nitrogens is 2. The first-order valence-electron chi connectivity index (χ1n) is 7.82. The molecule has 0 aliphatic carbocycles. The molecule has 3 heteroatoms. The first kappa shape index (κ1) is 15.6. The van der Waals surface area contributed by atoms with Gasteiger partial charge >= 0.3 is 0 Å². The number of nitrogens with zero attached hydrogens (tertiary/aromatic N) is 2. The van der Waals surface area contributed by atoms with Crippen molar-refractivity contribution in [2.75, 3.05) is 0 Å². The molecule has 2 rings (SSSR count). The highest BCUT2D eigenvalue weighted by Crippen LogP contribution is 2.30. The van der Waals surface area contributed by atoms with E-state index >= 15 is 0 Å². The molecule has 0 saturated carbocycles. The van der Waals surface area contributed by atoms with Gasteiger partial charge in [0.2, 0.25) is 0 Å². The van der Waals surface area contributed by atoms with Crippen LogP contribution in [0.3, 0.4) is 0 Å². The zero-order chi connectivity index (χ0) is 14.9. The normalized spacial score (nSPS) is 13.8. The Balaban J connectivity index is 2.16. The fourth-order valence-corrected chi connectivity index (χ4v) is 2.43. The van der Waals surface area contributed by atoms with E-state index in [1.807, 2.05) is 48.8 Å². The fourth-order valence-electron chi connectivity index (χ4n) is 2.43. The van der Waals surface area contributed by atoms with Crippen LogP contribution >= 0.6 is 0 Å². The predicted octanol–water partition coefficient (Wildman–Crippen LogP) is 4.88. The molecule has 3 nitrogen and oxygen atoms in total. The Labute approximate surface area is 127 Å². The second-order valence-corrected chi connectivity index (χ2v) is 5.20. The minimum atomic E-state index is 0.0368. The van der Waals surface area contributed by atoms with Crippen LogP contribution in [0.4, 0.5) is 0 Å². The van der Waals surface area contributed by atoms with E-state index in [4.69, 9.17) is 4.74 Å². The van der Waals surface area contributed by atoms with Gasteiger partial charge in [0.25, 0.3) is 0 Å². The van der Waals surface area contributed by atoms with Crippen LogP contribution in [0, 0.1) is 0 Å². The second kappa shape index (κ2) is 8.53. The molecule has 0 aliphatic heterocycles. The molecule has 0 saturated heterocycles. The van der Waals surface area contributed by atoms with Crippen LogP contribution in [-0.2, 0) is 4.74 Å². The minimum Gasteiger partial charge on any atom is -0.362 e. The third-order valence-corrected chi connectivity index (χ3v) is 3.47. The number of rotatable bonds is 8. The van der Waals surface area contributed by atoms with E-state index in [1.54, 1.807) is 0 Å². The molecule has 0 bridgehead atoms. The van der Waals surface area contributed by atoms with Crippen LogP contribution in [-0.4, -0.2) is 9.97 Å². The highest BCUT2D eigenvalue weighted by molar-refractivity contribution is 5.10. The van der Waals surface area contributed by atoms with Crippen LogP contribution < -0.4 is 0 Å². The topological polar surface area (TPSA) is 35.0 Å². The van der Waals surface area contributed by atoms with E-state index < -0.39 is 0 Å². The van der Waals surface area contributed by atoms with E-state index in [9.17, 15) is 0 Å². The monoisotopic (exact) mass is 284 g/mol. The van der Waals surface area contributed by atoms with Crippen molar-refractivity contribution in [1.82, 2.24) is 9.97 Å². The first-order chi connectivity index (χ1) is 10.3. The van der Waals surface area contributed by atoms with E-state index in [0.29, 0.717) is 0 Å². The first-order valence-corrected chi connectivity index (χ1v) is 7.82. The van der Waals surface area contributed by atoms with Gasteiger partial charge in [0.15, 0.2) is 0 Å². The van der Waals surface area contributed by atoms with Crippen molar-refractivity contribution < 1.29 is 4.74 Å². The third kappa shape index (κ3) is 4.64. The lowest BCUT2D eigenvalue weighted by molar-refractivity contribution is -0.0289. The van der Waals surface area contributed by atoms with Gasteiger partial charge in [0.05, 0.1) is 11.4 Å². The summed E-state index contributed by atoms with van der Waals surface area (Å²) in [4.78, 5) is 8.92. The van der Waals surface area contributed by atoms with Crippen molar-refractivity contribution in [3.05, 3.63) is 60.2 Å². The van der Waals surface area contributed by atoms with Crippen molar-refractivity contribution in [1.29, 1.82) is 0 Å². The number of hydrogen-bond donors (Lipinski definition) is 0. The lowest BCUT2D eigenvalue weighted by atomic mass is 10.1. The van der Waals surface area contributed by atoms with Crippen molar-refractivity contribution in [3.63, 3.8) is 0 Å². The zero-order valence-corrected chi connectivity index (χ0v) is 12.9. The van der Waals surface area contributed by atoms with Crippen molar-refractivity contribution in [2.45, 2.75) is 51.7 Å². The summed E-state index contributed by atoms with van der Waals surface area (Å²) in [6, 6.07) is 12.0. The summed E-state index contributed by atoms with van der Waals surface area (Å²) in [5, 5.41) is 0. The second-order valence-electron chi connectivity index (χ2n) is 5.20. The largest absolute Gasteiger partial charge is 0.362 e. The maximum atomic E-state index is 6.38. The summed E-state index contributed by atoms with van der Waals surface area (Å²) < 4.78 is 6.38. The van der Waals surface area contributed by atoms with E-state index in [1.165, 1.54) is 0 Å². The Kier molecular flexibility index (Phi) is 6.35. The van der Waals surface area contributed by atoms with E-state index in [2.05, 4.69) is 23.8 Å². The minimum absolute atomic E-state index is 0.0368. The lowest BCUT2D eigenvalue weighted by Crippen LogP contribution is -2.13. The predicted molar refractivity (Wildman–Crippen MR) is 84.9 cm³/mol. The van der Waals surface area contributed by atoms with Gasteiger partial charge in [-0.3, -0.25) is 9.97 Å². The molecular weight excluding hydrogens is 260 g/mol. The highest BCUT2D eigenvalue weighted by atomic mass is 16.5. The van der Waals surface area contributed by atoms with Gasteiger partial charge in [0.1, 0.15) is 12.2 Å². The molecule has 2 unspecified atom stereocenters. The lowest BCUT2D eigenvalue weighted by Gasteiger charge is -2.24. The van der Waals surface area contributed by atoms with E-state index in [0.717, 1.165) is 37.1 Å². The molecule has 0 aromatic carbocycles. The van der Waals surface area contributed by atoms with Crippen LogP contribution in [0.1, 0.15) is 63.1 Å². The smallest absolute Gasteiger partial charge is 0.100 e. The molecule has 0 fully saturated rings. The molecule has 2 aromatic heterocycles. The van der Waals surface area contributed by atoms with Gasteiger partial charge in [-0.1, -0.05) is 38.8 Å². The van der Waals surface area contributed by atoms with Crippen molar-refractivity contribution in [3.8, 4) is 0 Å². The van der Waals surface area contributed by atoms with Gasteiger partial charge in [0, 0.05) is 12.4 Å². The number of hydrogen-bond acceptors (Lipinski definition) is 3. The molecule has 2 aromatic rings. The van der Waals surface area contributed by atoms with Crippen LogP contribution in [0.25, 0.3) is 0 Å². The molecule has 0 aliphatic rings. The molecule has 0 spiro atoms. The SMILES string of the molecule is CCCC(OC(CCC)c1ccccn1)c1ccccn1. The summed E-state index contributed by atoms with van der Waals surface area (Å²) in [6.07, 6.45) is 7.83. The van der Waals surface area contributed by atoms with Crippen molar-refractivity contribution in [2.24, 2.45) is 0 Å². The zero-order valence-electron chi connectivity index (χ0n) is 12.9. The van der Waals surface area contributed by atoms with Gasteiger partial charge in [-0.25, -0.2) is 0 Å². The molecular formula is C18H24N2O. The van der Waals surface area contributed by atoms with E-state index in [-0.39, 0.29) is 12.2 Å². The number of pyridine rings is 2. The van der Waals surface area contributed by atoms with Crippen molar-refractivity contribution >= 4 is 0 Å². The van der Waals surface area contributed by atoms with Crippen LogP contribution in [0.5, 0.6) is 0 Å². The quantitative estimate of drug-likeness (QED) is 0.693. The Hall–Kier alpha value is -1.74. The maximum absolute atomic E-state index is 6.38. The van der Waals surface area contributed by atoms with Crippen LogP contribution in [0.2, 0.25) is 0 Å². The molecule has 2 heterocycles. The molecule has 21 heavy (non-hydrogen) atoms. The number of ether oxygens (including phenoxy) is 1. The standard InChI is InChI=1S/C18H24N2O/c1-3-9-17(15-11-5-7-13-19-15)21-18(10-4-2)16-12-6-8-14-20-16/h5-8,11-14,17-18H,3-4,9-10H2,1-2H3.